The van der Waals surface area contributed by atoms with Crippen molar-refractivity contribution in [2.24, 2.45) is 5.73 Å². The van der Waals surface area contributed by atoms with Crippen molar-refractivity contribution < 1.29 is 13.2 Å². The second-order valence-corrected chi connectivity index (χ2v) is 3.53. The molecule has 0 spiro atoms. The lowest BCUT2D eigenvalue weighted by molar-refractivity contribution is -0.144. The van der Waals surface area contributed by atoms with Crippen molar-refractivity contribution in [3.8, 4) is 11.1 Å². The quantitative estimate of drug-likeness (QED) is 0.911. The highest BCUT2D eigenvalue weighted by Gasteiger charge is 2.34. The monoisotopic (exact) mass is 270 g/mol. The van der Waals surface area contributed by atoms with Crippen LogP contribution >= 0.6 is 0 Å². The number of pyridine rings is 1. The highest BCUT2D eigenvalue weighted by molar-refractivity contribution is 5.61. The molecule has 0 fully saturated rings. The molecule has 0 aliphatic heterocycles. The van der Waals surface area contributed by atoms with Crippen molar-refractivity contribution in [3.05, 3.63) is 42.2 Å². The summed E-state index contributed by atoms with van der Waals surface area (Å²) in [5.41, 5.74) is 7.25. The summed E-state index contributed by atoms with van der Waals surface area (Å²) in [6, 6.07) is 3.34. The Morgan fingerprint density at radius 3 is 2.21 bits per heavy atom. The summed E-state index contributed by atoms with van der Waals surface area (Å²) in [6.45, 7) is 0.259. The minimum absolute atomic E-state index is 0. The van der Waals surface area contributed by atoms with E-state index in [1.165, 1.54) is 6.20 Å². The molecule has 0 atom stereocenters. The fourth-order valence-corrected chi connectivity index (χ4v) is 1.39. The van der Waals surface area contributed by atoms with Crippen LogP contribution in [0.4, 0.5) is 13.2 Å². The maximum atomic E-state index is 12.3. The Kier molecular flexibility index (Phi) is 4.55. The van der Waals surface area contributed by atoms with Gasteiger partial charge >= 0.3 is 6.18 Å². The van der Waals surface area contributed by atoms with Crippen LogP contribution in [0.2, 0.25) is 0 Å². The van der Waals surface area contributed by atoms with Crippen LogP contribution in [-0.4, -0.2) is 15.0 Å². The van der Waals surface area contributed by atoms with Gasteiger partial charge in [0, 0.05) is 30.7 Å². The first kappa shape index (κ1) is 15.0. The molecule has 0 aliphatic carbocycles. The molecule has 0 saturated carbocycles. The Balaban J connectivity index is 0.00000180. The number of hydrogen-bond donors (Lipinski definition) is 1. The van der Waals surface area contributed by atoms with E-state index in [-0.39, 0.29) is 14.0 Å². The Hall–Kier alpha value is -2.02. The normalized spacial score (nSPS) is 10.9. The molecule has 0 bridgehead atoms. The molecule has 0 unspecified atom stereocenters. The van der Waals surface area contributed by atoms with Crippen LogP contribution in [0.15, 0.2) is 30.7 Å². The molecule has 19 heavy (non-hydrogen) atoms. The number of hydrogen-bond acceptors (Lipinski definition) is 4. The van der Waals surface area contributed by atoms with Gasteiger partial charge in [-0.25, -0.2) is 9.97 Å². The van der Waals surface area contributed by atoms with Crippen LogP contribution in [0, 0.1) is 0 Å². The predicted molar refractivity (Wildman–Crippen MR) is 64.9 cm³/mol. The first-order chi connectivity index (χ1) is 8.50. The first-order valence-electron chi connectivity index (χ1n) is 5.05. The third-order valence-electron chi connectivity index (χ3n) is 2.26. The maximum absolute atomic E-state index is 12.3. The second kappa shape index (κ2) is 5.75. The van der Waals surface area contributed by atoms with E-state index in [9.17, 15) is 13.2 Å². The molecular weight excluding hydrogens is 257 g/mol. The molecule has 2 aromatic rings. The van der Waals surface area contributed by atoms with Crippen LogP contribution in [0.5, 0.6) is 0 Å². The van der Waals surface area contributed by atoms with Crippen molar-refractivity contribution in [1.82, 2.24) is 15.0 Å². The van der Waals surface area contributed by atoms with Crippen LogP contribution in [0.3, 0.4) is 0 Å². The Morgan fingerprint density at radius 2 is 1.68 bits per heavy atom. The molecule has 0 aliphatic rings. The van der Waals surface area contributed by atoms with Gasteiger partial charge in [0.15, 0.2) is 0 Å². The number of aromatic nitrogens is 3. The molecule has 2 N–H and O–H groups in total. The summed E-state index contributed by atoms with van der Waals surface area (Å²) >= 11 is 0. The van der Waals surface area contributed by atoms with E-state index in [4.69, 9.17) is 5.73 Å². The lowest BCUT2D eigenvalue weighted by Crippen LogP contribution is -2.10. The van der Waals surface area contributed by atoms with Crippen molar-refractivity contribution >= 4 is 0 Å². The summed E-state index contributed by atoms with van der Waals surface area (Å²) in [6.07, 6.45) is -0.731. The zero-order chi connectivity index (χ0) is 13.2. The van der Waals surface area contributed by atoms with Gasteiger partial charge in [-0.2, -0.15) is 13.2 Å². The van der Waals surface area contributed by atoms with E-state index in [0.717, 1.165) is 12.4 Å². The van der Waals surface area contributed by atoms with Crippen molar-refractivity contribution in [2.75, 3.05) is 0 Å². The van der Waals surface area contributed by atoms with E-state index in [2.05, 4.69) is 15.0 Å². The Morgan fingerprint density at radius 1 is 1.05 bits per heavy atom. The fraction of sp³-hybridized carbons (Fsp3) is 0.250. The smallest absolute Gasteiger partial charge is 0.325 e. The van der Waals surface area contributed by atoms with E-state index in [1.54, 1.807) is 12.1 Å². The number of nitrogens with zero attached hydrogens (tertiary/aromatic N) is 3. The highest BCUT2D eigenvalue weighted by atomic mass is 19.4. The summed E-state index contributed by atoms with van der Waals surface area (Å²) < 4.78 is 36.9. The minimum atomic E-state index is -4.53. The fourth-order valence-electron chi connectivity index (χ4n) is 1.39. The molecule has 2 heterocycles. The molecule has 102 valence electrons. The van der Waals surface area contributed by atoms with Crippen molar-refractivity contribution in [1.29, 1.82) is 0 Å². The number of rotatable bonds is 2. The average Bonchev–Trinajstić information content (AvgIpc) is 2.38. The van der Waals surface area contributed by atoms with E-state index in [0.29, 0.717) is 16.8 Å². The molecule has 7 heteroatoms. The summed E-state index contributed by atoms with van der Waals surface area (Å²) in [4.78, 5) is 10.6. The molecule has 0 amide bonds. The number of nitrogens with two attached hydrogens (primary N) is 1. The summed E-state index contributed by atoms with van der Waals surface area (Å²) in [7, 11) is 0. The van der Waals surface area contributed by atoms with Gasteiger partial charge in [0.1, 0.15) is 0 Å². The molecule has 2 aromatic heterocycles. The first-order valence-corrected chi connectivity index (χ1v) is 5.05. The average molecular weight is 270 g/mol. The van der Waals surface area contributed by atoms with Gasteiger partial charge in [-0.05, 0) is 17.7 Å². The molecule has 2 rings (SSSR count). The highest BCUT2D eigenvalue weighted by Crippen LogP contribution is 2.26. The van der Waals surface area contributed by atoms with Crippen LogP contribution in [0.1, 0.15) is 18.9 Å². The predicted octanol–water partition coefficient (Wildman–Crippen LogP) is 2.65. The Bertz CT molecular complexity index is 537. The lowest BCUT2D eigenvalue weighted by Gasteiger charge is -2.06. The van der Waals surface area contributed by atoms with E-state index >= 15 is 0 Å². The molecule has 0 saturated heterocycles. The molecule has 0 radical (unpaired) electrons. The zero-order valence-electron chi connectivity index (χ0n) is 9.15. The van der Waals surface area contributed by atoms with Gasteiger partial charge in [-0.3, -0.25) is 4.98 Å². The summed E-state index contributed by atoms with van der Waals surface area (Å²) in [5, 5.41) is 0. The summed E-state index contributed by atoms with van der Waals surface area (Å²) in [5.74, 6) is -1.15. The maximum Gasteiger partial charge on any atom is 0.451 e. The van der Waals surface area contributed by atoms with Crippen LogP contribution in [-0.2, 0) is 12.7 Å². The SMILES string of the molecule is C.NCc1cc(-c2cnc(C(F)(F)F)nc2)ccn1. The van der Waals surface area contributed by atoms with Gasteiger partial charge < -0.3 is 5.73 Å². The van der Waals surface area contributed by atoms with Gasteiger partial charge in [-0.1, -0.05) is 7.43 Å². The van der Waals surface area contributed by atoms with Gasteiger partial charge in [0.05, 0.1) is 5.69 Å². The largest absolute Gasteiger partial charge is 0.451 e. The number of halogens is 3. The van der Waals surface area contributed by atoms with Gasteiger partial charge in [0.2, 0.25) is 5.82 Å². The van der Waals surface area contributed by atoms with E-state index < -0.39 is 12.0 Å². The van der Waals surface area contributed by atoms with Gasteiger partial charge in [0.25, 0.3) is 0 Å². The standard InChI is InChI=1S/C11H9F3N4.CH4/c12-11(13,14)10-17-5-8(6-18-10)7-1-2-16-9(3-7)4-15;/h1-3,5-6H,4,15H2;1H4. The second-order valence-electron chi connectivity index (χ2n) is 3.53. The molecular formula is C12H13F3N4. The number of alkyl halides is 3. The van der Waals surface area contributed by atoms with Gasteiger partial charge in [-0.15, -0.1) is 0 Å². The lowest BCUT2D eigenvalue weighted by atomic mass is 10.1. The van der Waals surface area contributed by atoms with Crippen LogP contribution in [0.25, 0.3) is 11.1 Å². The minimum Gasteiger partial charge on any atom is -0.325 e. The topological polar surface area (TPSA) is 64.7 Å². The van der Waals surface area contributed by atoms with Crippen LogP contribution < -0.4 is 5.73 Å². The third-order valence-corrected chi connectivity index (χ3v) is 2.26. The zero-order valence-corrected chi connectivity index (χ0v) is 9.15. The van der Waals surface area contributed by atoms with E-state index in [1.807, 2.05) is 0 Å². The van der Waals surface area contributed by atoms with Crippen molar-refractivity contribution in [3.63, 3.8) is 0 Å². The third kappa shape index (κ3) is 3.47. The van der Waals surface area contributed by atoms with Crippen molar-refractivity contribution in [2.45, 2.75) is 20.1 Å². The molecule has 4 nitrogen and oxygen atoms in total. The molecule has 0 aromatic carbocycles. The Labute approximate surface area is 108 Å².